The molecule has 0 bridgehead atoms. The van der Waals surface area contributed by atoms with Gasteiger partial charge in [0.25, 0.3) is 0 Å². The van der Waals surface area contributed by atoms with Crippen molar-refractivity contribution in [3.63, 3.8) is 0 Å². The SMILES string of the molecule is CC(C)CC(NC(=O)C(CCCNC(=N)N)NC(=O)C(C)NC(=O)C(CCCNC(=N)N)NC(=O)C(Cc1ccccc1)NC(=O)C(N)CCCNC(=N)N)C(=O)NCC(=O)O. The number of carboxylic acids is 1. The lowest BCUT2D eigenvalue weighted by atomic mass is 10.0. The van der Waals surface area contributed by atoms with Crippen LogP contribution in [0.5, 0.6) is 0 Å². The van der Waals surface area contributed by atoms with E-state index in [-0.39, 0.29) is 81.8 Å². The van der Waals surface area contributed by atoms with Crippen LogP contribution in [0.25, 0.3) is 0 Å². The van der Waals surface area contributed by atoms with Crippen molar-refractivity contribution < 1.29 is 38.7 Å². The fourth-order valence-electron chi connectivity index (χ4n) is 5.82. The summed E-state index contributed by atoms with van der Waals surface area (Å²) in [7, 11) is 0. The minimum Gasteiger partial charge on any atom is -0.480 e. The van der Waals surface area contributed by atoms with E-state index in [0.29, 0.717) is 18.5 Å². The van der Waals surface area contributed by atoms with Gasteiger partial charge < -0.3 is 75.9 Å². The number of amides is 6. The molecule has 0 aromatic heterocycles. The molecule has 1 rings (SSSR count). The molecule has 6 unspecified atom stereocenters. The topological polar surface area (TPSA) is 424 Å². The number of rotatable bonds is 29. The molecule has 346 valence electrons. The number of carbonyl (C=O) groups is 7. The predicted octanol–water partition coefficient (Wildman–Crippen LogP) is -3.96. The number of hydrogen-bond acceptors (Lipinski definition) is 11. The van der Waals surface area contributed by atoms with Gasteiger partial charge in [-0.15, -0.1) is 0 Å². The monoisotopic (exact) mass is 875 g/mol. The quantitative estimate of drug-likeness (QED) is 0.0207. The van der Waals surface area contributed by atoms with Crippen molar-refractivity contribution in [1.82, 2.24) is 47.9 Å². The molecule has 0 saturated heterocycles. The number of benzene rings is 1. The van der Waals surface area contributed by atoms with Gasteiger partial charge in [-0.1, -0.05) is 44.2 Å². The molecule has 62 heavy (non-hydrogen) atoms. The van der Waals surface area contributed by atoms with Gasteiger partial charge in [-0.05, 0) is 63.4 Å². The highest BCUT2D eigenvalue weighted by Gasteiger charge is 2.32. The predicted molar refractivity (Wildman–Crippen MR) is 231 cm³/mol. The summed E-state index contributed by atoms with van der Waals surface area (Å²) >= 11 is 0. The standard InChI is InChI=1S/C38H66N16O8/c1-21(2)18-27(32(59)49-20-29(55)56)54-34(61)26(14-9-17-48-38(44)45)51-30(57)22(3)50-33(60)25(13-8-16-47-37(42)43)52-35(62)28(19-23-10-5-4-6-11-23)53-31(58)24(39)12-7-15-46-36(40)41/h4-6,10-11,21-22,24-28H,7-9,12-20,39H2,1-3H3,(H,49,59)(H,50,60)(H,51,57)(H,52,62)(H,53,58)(H,54,61)(H,55,56)(H4,40,41,46)(H4,42,43,47)(H4,44,45,48). The maximum absolute atomic E-state index is 13.9. The second kappa shape index (κ2) is 28.7. The molecule has 6 atom stereocenters. The van der Waals surface area contributed by atoms with Crippen LogP contribution in [-0.4, -0.2) is 127 Å². The number of nitrogens with two attached hydrogens (primary N) is 4. The Hall–Kier alpha value is -6.72. The number of carbonyl (C=O) groups excluding carboxylic acids is 6. The van der Waals surface area contributed by atoms with Crippen LogP contribution >= 0.6 is 0 Å². The van der Waals surface area contributed by atoms with Gasteiger partial charge >= 0.3 is 5.97 Å². The minimum atomic E-state index is -1.29. The van der Waals surface area contributed by atoms with E-state index in [1.165, 1.54) is 6.92 Å². The molecular formula is C38H66N16O8. The highest BCUT2D eigenvalue weighted by Crippen LogP contribution is 2.09. The molecule has 0 spiro atoms. The van der Waals surface area contributed by atoms with E-state index >= 15 is 0 Å². The summed E-state index contributed by atoms with van der Waals surface area (Å²) < 4.78 is 0. The van der Waals surface area contributed by atoms with Gasteiger partial charge in [-0.2, -0.15) is 0 Å². The first-order valence-electron chi connectivity index (χ1n) is 20.2. The van der Waals surface area contributed by atoms with Gasteiger partial charge in [-0.25, -0.2) is 0 Å². The van der Waals surface area contributed by atoms with Gasteiger partial charge in [0, 0.05) is 26.1 Å². The van der Waals surface area contributed by atoms with Crippen LogP contribution in [-0.2, 0) is 40.0 Å². The smallest absolute Gasteiger partial charge is 0.322 e. The lowest BCUT2D eigenvalue weighted by Crippen LogP contribution is -2.59. The Balaban J connectivity index is 3.28. The average molecular weight is 875 g/mol. The third kappa shape index (κ3) is 23.2. The Morgan fingerprint density at radius 2 is 1.00 bits per heavy atom. The van der Waals surface area contributed by atoms with E-state index < -0.39 is 84.2 Å². The number of carboxylic acid groups (broad SMARTS) is 1. The van der Waals surface area contributed by atoms with E-state index in [1.807, 2.05) is 0 Å². The Morgan fingerprint density at radius 3 is 1.48 bits per heavy atom. The normalized spacial score (nSPS) is 13.6. The van der Waals surface area contributed by atoms with Gasteiger partial charge in [0.15, 0.2) is 17.9 Å². The molecule has 0 aliphatic heterocycles. The molecule has 0 radical (unpaired) electrons. The summed E-state index contributed by atoms with van der Waals surface area (Å²) in [6.07, 6.45) is 1.23. The van der Waals surface area contributed by atoms with Crippen molar-refractivity contribution in [2.75, 3.05) is 26.2 Å². The molecule has 24 heteroatoms. The van der Waals surface area contributed by atoms with Crippen LogP contribution in [0.2, 0.25) is 0 Å². The highest BCUT2D eigenvalue weighted by molar-refractivity contribution is 5.97. The van der Waals surface area contributed by atoms with Crippen LogP contribution in [0, 0.1) is 22.1 Å². The van der Waals surface area contributed by atoms with Crippen molar-refractivity contribution in [3.8, 4) is 0 Å². The third-order valence-electron chi connectivity index (χ3n) is 9.00. The summed E-state index contributed by atoms with van der Waals surface area (Å²) in [5.41, 5.74) is 22.9. The summed E-state index contributed by atoms with van der Waals surface area (Å²) in [5, 5.41) is 54.3. The fourth-order valence-corrected chi connectivity index (χ4v) is 5.82. The first kappa shape index (κ1) is 53.3. The first-order valence-corrected chi connectivity index (χ1v) is 20.2. The number of nitrogens with one attached hydrogen (secondary N) is 12. The molecule has 6 amide bonds. The van der Waals surface area contributed by atoms with Crippen molar-refractivity contribution in [2.45, 2.75) is 108 Å². The summed E-state index contributed by atoms with van der Waals surface area (Å²) in [6.45, 7) is 4.88. The van der Waals surface area contributed by atoms with Gasteiger partial charge in [0.1, 0.15) is 36.8 Å². The molecule has 21 N–H and O–H groups in total. The Morgan fingerprint density at radius 1 is 0.565 bits per heavy atom. The van der Waals surface area contributed by atoms with Crippen molar-refractivity contribution in [2.24, 2.45) is 28.9 Å². The van der Waals surface area contributed by atoms with Crippen LogP contribution in [0.4, 0.5) is 0 Å². The molecule has 0 heterocycles. The van der Waals surface area contributed by atoms with Gasteiger partial charge in [-0.3, -0.25) is 49.8 Å². The van der Waals surface area contributed by atoms with Crippen molar-refractivity contribution in [3.05, 3.63) is 35.9 Å². The number of aliphatic carboxylic acids is 1. The van der Waals surface area contributed by atoms with Crippen LogP contribution in [0.15, 0.2) is 30.3 Å². The third-order valence-corrected chi connectivity index (χ3v) is 9.00. The van der Waals surface area contributed by atoms with E-state index in [4.69, 9.17) is 44.3 Å². The number of hydrogen-bond donors (Lipinski definition) is 17. The molecule has 1 aromatic rings. The van der Waals surface area contributed by atoms with Gasteiger partial charge in [0.05, 0.1) is 6.04 Å². The Bertz CT molecular complexity index is 1680. The van der Waals surface area contributed by atoms with E-state index in [0.717, 1.165) is 0 Å². The summed E-state index contributed by atoms with van der Waals surface area (Å²) in [5.74, 6) is -6.71. The van der Waals surface area contributed by atoms with E-state index in [9.17, 15) is 33.6 Å². The second-order valence-electron chi connectivity index (χ2n) is 15.0. The molecule has 0 saturated carbocycles. The molecule has 0 aliphatic rings. The maximum Gasteiger partial charge on any atom is 0.322 e. The van der Waals surface area contributed by atoms with Crippen LogP contribution < -0.4 is 70.8 Å². The molecule has 24 nitrogen and oxygen atoms in total. The maximum atomic E-state index is 13.9. The van der Waals surface area contributed by atoms with E-state index in [1.54, 1.807) is 44.2 Å². The molecular weight excluding hydrogens is 809 g/mol. The van der Waals surface area contributed by atoms with Crippen molar-refractivity contribution >= 4 is 59.3 Å². The van der Waals surface area contributed by atoms with Crippen LogP contribution in [0.3, 0.4) is 0 Å². The zero-order valence-electron chi connectivity index (χ0n) is 35.5. The first-order chi connectivity index (χ1) is 29.2. The largest absolute Gasteiger partial charge is 0.480 e. The molecule has 0 fully saturated rings. The molecule has 0 aliphatic carbocycles. The molecule has 1 aromatic carbocycles. The Kier molecular flexibility index (Phi) is 24.7. The average Bonchev–Trinajstić information content (AvgIpc) is 3.19. The second-order valence-corrected chi connectivity index (χ2v) is 15.0. The van der Waals surface area contributed by atoms with Crippen LogP contribution in [0.1, 0.15) is 71.3 Å². The Labute approximate surface area is 360 Å². The summed E-state index contributed by atoms with van der Waals surface area (Å²) in [4.78, 5) is 91.9. The number of guanidine groups is 3. The lowest BCUT2D eigenvalue weighted by Gasteiger charge is -2.27. The highest BCUT2D eigenvalue weighted by atomic mass is 16.4. The fraction of sp³-hybridized carbons (Fsp3) is 0.579. The zero-order valence-corrected chi connectivity index (χ0v) is 35.5. The minimum absolute atomic E-state index is 0.00101. The zero-order chi connectivity index (χ0) is 46.8. The van der Waals surface area contributed by atoms with Crippen molar-refractivity contribution in [1.29, 1.82) is 16.2 Å². The van der Waals surface area contributed by atoms with Gasteiger partial charge in [0.2, 0.25) is 35.4 Å². The summed E-state index contributed by atoms with van der Waals surface area (Å²) in [6, 6.07) is 1.63. The van der Waals surface area contributed by atoms with E-state index in [2.05, 4.69) is 47.9 Å². The lowest BCUT2D eigenvalue weighted by molar-refractivity contribution is -0.138.